The molecular formula is C13H8Br3ClN2O. The van der Waals surface area contributed by atoms with Gasteiger partial charge in [0.2, 0.25) is 0 Å². The lowest BCUT2D eigenvalue weighted by atomic mass is 10.2. The van der Waals surface area contributed by atoms with Crippen LogP contribution in [0.2, 0.25) is 5.02 Å². The Kier molecular flexibility index (Phi) is 5.12. The summed E-state index contributed by atoms with van der Waals surface area (Å²) in [5.41, 5.74) is 7.23. The minimum atomic E-state index is -0.328. The Morgan fingerprint density at radius 2 is 1.80 bits per heavy atom. The van der Waals surface area contributed by atoms with Crippen LogP contribution in [0.15, 0.2) is 43.7 Å². The standard InChI is InChI=1S/C13H8Br3ClN2O/c14-6-1-2-10(17)8(3-6)13(20)19-12-9(16)4-7(15)5-11(12)18/h1-5H,18H2,(H,19,20). The smallest absolute Gasteiger partial charge is 0.257 e. The van der Waals surface area contributed by atoms with Gasteiger partial charge in [0.1, 0.15) is 0 Å². The van der Waals surface area contributed by atoms with Gasteiger partial charge < -0.3 is 11.1 Å². The number of nitrogens with two attached hydrogens (primary N) is 1. The van der Waals surface area contributed by atoms with Gasteiger partial charge in [0.05, 0.1) is 22.0 Å². The SMILES string of the molecule is Nc1cc(Br)cc(Br)c1NC(=O)c1cc(Br)ccc1Cl. The molecule has 3 N–H and O–H groups in total. The summed E-state index contributed by atoms with van der Waals surface area (Å²) in [6.45, 7) is 0. The average Bonchev–Trinajstić information content (AvgIpc) is 2.36. The maximum absolute atomic E-state index is 12.3. The minimum absolute atomic E-state index is 0.328. The third-order valence-electron chi connectivity index (χ3n) is 2.50. The summed E-state index contributed by atoms with van der Waals surface area (Å²) in [6, 6.07) is 8.58. The fourth-order valence-corrected chi connectivity index (χ4v) is 3.50. The molecule has 20 heavy (non-hydrogen) atoms. The Balaban J connectivity index is 2.35. The molecule has 2 aromatic carbocycles. The van der Waals surface area contributed by atoms with Crippen molar-refractivity contribution in [1.29, 1.82) is 0 Å². The zero-order chi connectivity index (χ0) is 14.9. The number of anilines is 2. The second kappa shape index (κ2) is 6.47. The lowest BCUT2D eigenvalue weighted by Crippen LogP contribution is -2.14. The Labute approximate surface area is 146 Å². The van der Waals surface area contributed by atoms with Crippen molar-refractivity contribution in [3.63, 3.8) is 0 Å². The summed E-state index contributed by atoms with van der Waals surface area (Å²) in [5, 5.41) is 3.13. The molecule has 1 amide bonds. The van der Waals surface area contributed by atoms with Gasteiger partial charge in [0.25, 0.3) is 5.91 Å². The van der Waals surface area contributed by atoms with E-state index in [4.69, 9.17) is 17.3 Å². The number of amides is 1. The first-order valence-corrected chi connectivity index (χ1v) is 8.15. The van der Waals surface area contributed by atoms with Crippen LogP contribution in [0.3, 0.4) is 0 Å². The molecule has 0 aliphatic carbocycles. The average molecular weight is 483 g/mol. The van der Waals surface area contributed by atoms with E-state index in [-0.39, 0.29) is 5.91 Å². The van der Waals surface area contributed by atoms with Crippen molar-refractivity contribution in [3.05, 3.63) is 54.3 Å². The topological polar surface area (TPSA) is 55.1 Å². The molecule has 0 unspecified atom stereocenters. The fourth-order valence-electron chi connectivity index (χ4n) is 1.58. The summed E-state index contributed by atoms with van der Waals surface area (Å²) in [5.74, 6) is -0.328. The minimum Gasteiger partial charge on any atom is -0.397 e. The van der Waals surface area contributed by atoms with Gasteiger partial charge in [-0.15, -0.1) is 0 Å². The van der Waals surface area contributed by atoms with Crippen LogP contribution in [-0.2, 0) is 0 Å². The van der Waals surface area contributed by atoms with E-state index in [0.717, 1.165) is 8.95 Å². The summed E-state index contributed by atoms with van der Waals surface area (Å²) in [4.78, 5) is 12.3. The highest BCUT2D eigenvalue weighted by Gasteiger charge is 2.14. The Morgan fingerprint density at radius 1 is 1.10 bits per heavy atom. The van der Waals surface area contributed by atoms with Crippen molar-refractivity contribution in [3.8, 4) is 0 Å². The maximum atomic E-state index is 12.3. The van der Waals surface area contributed by atoms with Crippen molar-refractivity contribution in [1.82, 2.24) is 0 Å². The second-order valence-electron chi connectivity index (χ2n) is 3.93. The Bertz CT molecular complexity index is 668. The molecule has 104 valence electrons. The number of halogens is 4. The molecule has 0 heterocycles. The molecule has 0 saturated carbocycles. The molecule has 7 heteroatoms. The van der Waals surface area contributed by atoms with Crippen molar-refractivity contribution >= 4 is 76.7 Å². The largest absolute Gasteiger partial charge is 0.397 e. The number of carbonyl (C=O) groups excluding carboxylic acids is 1. The maximum Gasteiger partial charge on any atom is 0.257 e. The molecule has 0 bridgehead atoms. The molecule has 0 atom stereocenters. The van der Waals surface area contributed by atoms with E-state index < -0.39 is 0 Å². The second-order valence-corrected chi connectivity index (χ2v) is 7.02. The highest BCUT2D eigenvalue weighted by atomic mass is 79.9. The third-order valence-corrected chi connectivity index (χ3v) is 4.40. The first-order chi connectivity index (χ1) is 9.38. The Hall–Kier alpha value is -0.560. The zero-order valence-corrected chi connectivity index (χ0v) is 15.4. The van der Waals surface area contributed by atoms with Crippen LogP contribution < -0.4 is 11.1 Å². The molecule has 2 rings (SSSR count). The number of nitrogen functional groups attached to an aromatic ring is 1. The number of hydrogen-bond acceptors (Lipinski definition) is 2. The summed E-state index contributed by atoms with van der Waals surface area (Å²) in [7, 11) is 0. The van der Waals surface area contributed by atoms with E-state index in [0.29, 0.717) is 26.4 Å². The van der Waals surface area contributed by atoms with Gasteiger partial charge in [-0.1, -0.05) is 43.5 Å². The first-order valence-electron chi connectivity index (χ1n) is 5.39. The summed E-state index contributed by atoms with van der Waals surface area (Å²) < 4.78 is 2.28. The van der Waals surface area contributed by atoms with Gasteiger partial charge in [-0.3, -0.25) is 4.79 Å². The van der Waals surface area contributed by atoms with E-state index in [2.05, 4.69) is 53.1 Å². The number of carbonyl (C=O) groups is 1. The lowest BCUT2D eigenvalue weighted by molar-refractivity contribution is 0.102. The van der Waals surface area contributed by atoms with E-state index in [9.17, 15) is 4.79 Å². The van der Waals surface area contributed by atoms with Crippen molar-refractivity contribution in [2.24, 2.45) is 0 Å². The first kappa shape index (κ1) is 15.8. The van der Waals surface area contributed by atoms with Gasteiger partial charge in [0, 0.05) is 13.4 Å². The molecule has 0 saturated heterocycles. The van der Waals surface area contributed by atoms with Crippen molar-refractivity contribution in [2.45, 2.75) is 0 Å². The molecule has 0 aliphatic rings. The molecule has 0 radical (unpaired) electrons. The van der Waals surface area contributed by atoms with Crippen LogP contribution in [-0.4, -0.2) is 5.91 Å². The molecule has 0 fully saturated rings. The van der Waals surface area contributed by atoms with E-state index >= 15 is 0 Å². The van der Waals surface area contributed by atoms with E-state index in [1.807, 2.05) is 0 Å². The summed E-state index contributed by atoms with van der Waals surface area (Å²) in [6.07, 6.45) is 0. The molecular weight excluding hydrogens is 475 g/mol. The lowest BCUT2D eigenvalue weighted by Gasteiger charge is -2.12. The van der Waals surface area contributed by atoms with Gasteiger partial charge >= 0.3 is 0 Å². The quantitative estimate of drug-likeness (QED) is 0.558. The van der Waals surface area contributed by atoms with Gasteiger partial charge in [-0.05, 0) is 46.3 Å². The van der Waals surface area contributed by atoms with E-state index in [1.54, 1.807) is 30.3 Å². The third kappa shape index (κ3) is 3.55. The predicted octanol–water partition coefficient (Wildman–Crippen LogP) is 5.46. The molecule has 0 aliphatic heterocycles. The fraction of sp³-hybridized carbons (Fsp3) is 0. The van der Waals surface area contributed by atoms with Crippen LogP contribution in [0.1, 0.15) is 10.4 Å². The monoisotopic (exact) mass is 480 g/mol. The van der Waals surface area contributed by atoms with Crippen LogP contribution >= 0.6 is 59.4 Å². The molecule has 3 nitrogen and oxygen atoms in total. The Morgan fingerprint density at radius 3 is 2.45 bits per heavy atom. The summed E-state index contributed by atoms with van der Waals surface area (Å²) >= 11 is 16.0. The predicted molar refractivity (Wildman–Crippen MR) is 93.4 cm³/mol. The van der Waals surface area contributed by atoms with Crippen molar-refractivity contribution in [2.75, 3.05) is 11.1 Å². The molecule has 0 aromatic heterocycles. The normalized spacial score (nSPS) is 10.4. The highest BCUT2D eigenvalue weighted by Crippen LogP contribution is 2.33. The zero-order valence-electron chi connectivity index (χ0n) is 9.88. The number of nitrogens with one attached hydrogen (secondary N) is 1. The number of rotatable bonds is 2. The van der Waals surface area contributed by atoms with E-state index in [1.165, 1.54) is 0 Å². The molecule has 0 spiro atoms. The van der Waals surface area contributed by atoms with Crippen LogP contribution in [0.25, 0.3) is 0 Å². The molecule has 2 aromatic rings. The van der Waals surface area contributed by atoms with Crippen LogP contribution in [0, 0.1) is 0 Å². The number of hydrogen-bond donors (Lipinski definition) is 2. The van der Waals surface area contributed by atoms with Crippen LogP contribution in [0.5, 0.6) is 0 Å². The highest BCUT2D eigenvalue weighted by molar-refractivity contribution is 9.11. The van der Waals surface area contributed by atoms with Gasteiger partial charge in [-0.2, -0.15) is 0 Å². The van der Waals surface area contributed by atoms with Crippen molar-refractivity contribution < 1.29 is 4.79 Å². The van der Waals surface area contributed by atoms with Crippen LogP contribution in [0.4, 0.5) is 11.4 Å². The van der Waals surface area contributed by atoms with Gasteiger partial charge in [0.15, 0.2) is 0 Å². The number of benzene rings is 2. The van der Waals surface area contributed by atoms with Gasteiger partial charge in [-0.25, -0.2) is 0 Å².